The second-order valence-electron chi connectivity index (χ2n) is 6.82. The monoisotopic (exact) mass is 359 g/mol. The zero-order valence-electron chi connectivity index (χ0n) is 15.8. The lowest BCUT2D eigenvalue weighted by atomic mass is 10.1. The van der Waals surface area contributed by atoms with Crippen molar-refractivity contribution in [3.8, 4) is 0 Å². The predicted molar refractivity (Wildman–Crippen MR) is 112 cm³/mol. The highest BCUT2D eigenvalue weighted by molar-refractivity contribution is 5.99. The Hall–Kier alpha value is -2.98. The first-order valence-corrected chi connectivity index (χ1v) is 9.17. The van der Waals surface area contributed by atoms with Crippen LogP contribution in [0.4, 0.5) is 0 Å². The molecular weight excluding hydrogens is 334 g/mol. The summed E-state index contributed by atoms with van der Waals surface area (Å²) in [5, 5.41) is 6.41. The Labute approximate surface area is 160 Å². The highest BCUT2D eigenvalue weighted by Gasteiger charge is 2.13. The molecule has 0 radical (unpaired) electrons. The topological polar surface area (TPSA) is 44.7 Å². The number of amides is 1. The van der Waals surface area contributed by atoms with Crippen molar-refractivity contribution in [1.82, 2.24) is 10.3 Å². The lowest BCUT2D eigenvalue weighted by Gasteiger charge is -2.23. The van der Waals surface area contributed by atoms with Gasteiger partial charge in [0.2, 0.25) is 0 Å². The summed E-state index contributed by atoms with van der Waals surface area (Å²) in [6, 6.07) is 24.8. The second-order valence-corrected chi connectivity index (χ2v) is 6.82. The van der Waals surface area contributed by atoms with Crippen molar-refractivity contribution in [1.29, 1.82) is 0 Å². The standard InChI is InChI=1S/C23H25N3O/c1-18(15-19-9-4-3-5-10-19)26(2)17-23(27)25-24-16-21-13-8-12-20-11-6-7-14-22(20)21/h3-14,16,18H,15,17H2,1-2H3,(H,25,27)/b24-16+. The van der Waals surface area contributed by atoms with E-state index < -0.39 is 0 Å². The van der Waals surface area contributed by atoms with Crippen molar-refractivity contribution in [2.45, 2.75) is 19.4 Å². The van der Waals surface area contributed by atoms with E-state index in [-0.39, 0.29) is 11.9 Å². The van der Waals surface area contributed by atoms with E-state index in [1.54, 1.807) is 6.21 Å². The van der Waals surface area contributed by atoms with Crippen LogP contribution in [0.25, 0.3) is 10.8 Å². The van der Waals surface area contributed by atoms with Gasteiger partial charge >= 0.3 is 0 Å². The van der Waals surface area contributed by atoms with Crippen molar-refractivity contribution in [3.63, 3.8) is 0 Å². The minimum Gasteiger partial charge on any atom is -0.294 e. The van der Waals surface area contributed by atoms with Crippen LogP contribution in [0.2, 0.25) is 0 Å². The summed E-state index contributed by atoms with van der Waals surface area (Å²) in [7, 11) is 1.96. The Balaban J connectivity index is 1.53. The SMILES string of the molecule is CC(Cc1ccccc1)N(C)CC(=O)N/N=C/c1cccc2ccccc12. The highest BCUT2D eigenvalue weighted by Crippen LogP contribution is 2.16. The molecule has 0 aliphatic carbocycles. The molecule has 1 unspecified atom stereocenters. The zero-order valence-corrected chi connectivity index (χ0v) is 15.8. The molecule has 0 aliphatic rings. The molecule has 4 heteroatoms. The van der Waals surface area contributed by atoms with Crippen LogP contribution in [0, 0.1) is 0 Å². The lowest BCUT2D eigenvalue weighted by molar-refractivity contribution is -0.122. The third-order valence-electron chi connectivity index (χ3n) is 4.74. The molecule has 3 aromatic rings. The van der Waals surface area contributed by atoms with Crippen LogP contribution in [-0.4, -0.2) is 36.7 Å². The van der Waals surface area contributed by atoms with Crippen molar-refractivity contribution in [2.75, 3.05) is 13.6 Å². The number of nitrogens with one attached hydrogen (secondary N) is 1. The summed E-state index contributed by atoms with van der Waals surface area (Å²) in [5.74, 6) is -0.117. The third kappa shape index (κ3) is 5.25. The first-order valence-electron chi connectivity index (χ1n) is 9.17. The van der Waals surface area contributed by atoms with Crippen LogP contribution in [-0.2, 0) is 11.2 Å². The molecule has 0 aliphatic heterocycles. The highest BCUT2D eigenvalue weighted by atomic mass is 16.2. The average molecular weight is 359 g/mol. The quantitative estimate of drug-likeness (QED) is 0.514. The normalized spacial score (nSPS) is 12.6. The van der Waals surface area contributed by atoms with Gasteiger partial charge in [0, 0.05) is 11.6 Å². The number of carbonyl (C=O) groups is 1. The molecule has 0 aromatic heterocycles. The molecule has 0 heterocycles. The Morgan fingerprint density at radius 2 is 1.74 bits per heavy atom. The van der Waals surface area contributed by atoms with Crippen molar-refractivity contribution in [3.05, 3.63) is 83.9 Å². The number of fused-ring (bicyclic) bond motifs is 1. The molecule has 3 rings (SSSR count). The molecule has 4 nitrogen and oxygen atoms in total. The minimum absolute atomic E-state index is 0.117. The number of hydrogen-bond donors (Lipinski definition) is 1. The molecule has 3 aromatic carbocycles. The maximum atomic E-state index is 12.2. The van der Waals surface area contributed by atoms with Crippen molar-refractivity contribution in [2.24, 2.45) is 5.10 Å². The fraction of sp³-hybridized carbons (Fsp3) is 0.217. The maximum absolute atomic E-state index is 12.2. The summed E-state index contributed by atoms with van der Waals surface area (Å²) in [6.07, 6.45) is 2.61. The summed E-state index contributed by atoms with van der Waals surface area (Å²) >= 11 is 0. The molecular formula is C23H25N3O. The van der Waals surface area contributed by atoms with E-state index in [2.05, 4.69) is 47.8 Å². The van der Waals surface area contributed by atoms with E-state index in [1.165, 1.54) is 5.56 Å². The van der Waals surface area contributed by atoms with Gasteiger partial charge in [-0.05, 0) is 36.7 Å². The van der Waals surface area contributed by atoms with Crippen molar-refractivity contribution < 1.29 is 4.79 Å². The average Bonchev–Trinajstić information content (AvgIpc) is 2.69. The number of likely N-dealkylation sites (N-methyl/N-ethyl adjacent to an activating group) is 1. The van der Waals surface area contributed by atoms with Gasteiger partial charge in [-0.25, -0.2) is 5.43 Å². The van der Waals surface area contributed by atoms with Gasteiger partial charge in [-0.3, -0.25) is 9.69 Å². The van der Waals surface area contributed by atoms with E-state index in [1.807, 2.05) is 54.4 Å². The van der Waals surface area contributed by atoms with Gasteiger partial charge in [0.05, 0.1) is 12.8 Å². The second kappa shape index (κ2) is 9.10. The molecule has 1 atom stereocenters. The Morgan fingerprint density at radius 3 is 2.56 bits per heavy atom. The molecule has 0 spiro atoms. The number of hydrogen-bond acceptors (Lipinski definition) is 3. The summed E-state index contributed by atoms with van der Waals surface area (Å²) in [6.45, 7) is 2.43. The Morgan fingerprint density at radius 1 is 1.04 bits per heavy atom. The van der Waals surface area contributed by atoms with E-state index in [0.29, 0.717) is 6.54 Å². The summed E-state index contributed by atoms with van der Waals surface area (Å²) < 4.78 is 0. The van der Waals surface area contributed by atoms with Gasteiger partial charge in [0.25, 0.3) is 5.91 Å². The smallest absolute Gasteiger partial charge is 0.254 e. The van der Waals surface area contributed by atoms with E-state index in [4.69, 9.17) is 0 Å². The molecule has 0 bridgehead atoms. The van der Waals surface area contributed by atoms with Gasteiger partial charge in [0.1, 0.15) is 0 Å². The maximum Gasteiger partial charge on any atom is 0.254 e. The first kappa shape index (κ1) is 18.8. The van der Waals surface area contributed by atoms with Crippen LogP contribution in [0.5, 0.6) is 0 Å². The van der Waals surface area contributed by atoms with Gasteiger partial charge in [-0.15, -0.1) is 0 Å². The molecule has 0 saturated carbocycles. The largest absolute Gasteiger partial charge is 0.294 e. The van der Waals surface area contributed by atoms with Crippen LogP contribution >= 0.6 is 0 Å². The summed E-state index contributed by atoms with van der Waals surface area (Å²) in [4.78, 5) is 14.2. The molecule has 0 fully saturated rings. The zero-order chi connectivity index (χ0) is 19.1. The summed E-state index contributed by atoms with van der Waals surface area (Å²) in [5.41, 5.74) is 4.89. The predicted octanol–water partition coefficient (Wildman–Crippen LogP) is 3.85. The van der Waals surface area contributed by atoms with Gasteiger partial charge in [0.15, 0.2) is 0 Å². The lowest BCUT2D eigenvalue weighted by Crippen LogP contribution is -2.39. The van der Waals surface area contributed by atoms with Crippen LogP contribution in [0.1, 0.15) is 18.1 Å². The van der Waals surface area contributed by atoms with Gasteiger partial charge in [-0.1, -0.05) is 72.8 Å². The van der Waals surface area contributed by atoms with Crippen LogP contribution in [0.15, 0.2) is 77.9 Å². The Bertz CT molecular complexity index is 916. The van der Waals surface area contributed by atoms with E-state index in [0.717, 1.165) is 22.8 Å². The number of carbonyl (C=O) groups excluding carboxylic acids is 1. The van der Waals surface area contributed by atoms with E-state index >= 15 is 0 Å². The van der Waals surface area contributed by atoms with Crippen LogP contribution < -0.4 is 5.43 Å². The number of hydrazone groups is 1. The molecule has 138 valence electrons. The Kier molecular flexibility index (Phi) is 6.34. The molecule has 27 heavy (non-hydrogen) atoms. The number of benzene rings is 3. The number of nitrogens with zero attached hydrogens (tertiary/aromatic N) is 2. The fourth-order valence-corrected chi connectivity index (χ4v) is 3.07. The third-order valence-corrected chi connectivity index (χ3v) is 4.74. The van der Waals surface area contributed by atoms with Gasteiger partial charge < -0.3 is 0 Å². The fourth-order valence-electron chi connectivity index (χ4n) is 3.07. The van der Waals surface area contributed by atoms with Gasteiger partial charge in [-0.2, -0.15) is 5.10 Å². The first-order chi connectivity index (χ1) is 13.1. The molecule has 1 N–H and O–H groups in total. The molecule has 1 amide bonds. The minimum atomic E-state index is -0.117. The van der Waals surface area contributed by atoms with Crippen LogP contribution in [0.3, 0.4) is 0 Å². The van der Waals surface area contributed by atoms with E-state index in [9.17, 15) is 4.79 Å². The number of rotatable bonds is 7. The molecule has 0 saturated heterocycles. The van der Waals surface area contributed by atoms with Crippen molar-refractivity contribution >= 4 is 22.9 Å².